The normalized spacial score (nSPS) is 11.9. The predicted octanol–water partition coefficient (Wildman–Crippen LogP) is 6.14. The molecule has 0 amide bonds. The van der Waals surface area contributed by atoms with E-state index in [9.17, 15) is 13.2 Å². The number of carbonyl (C=O) groups is 1. The van der Waals surface area contributed by atoms with Crippen molar-refractivity contribution in [1.82, 2.24) is 9.97 Å². The van der Waals surface area contributed by atoms with Crippen LogP contribution in [0.25, 0.3) is 22.2 Å². The average Bonchev–Trinajstić information content (AvgIpc) is 2.80. The Morgan fingerprint density at radius 2 is 1.53 bits per heavy atom. The molecule has 0 aliphatic carbocycles. The second kappa shape index (κ2) is 10.0. The summed E-state index contributed by atoms with van der Waals surface area (Å²) in [5, 5.41) is 1.93. The number of hydrogen-bond acceptors (Lipinski definition) is 6. The Balaban J connectivity index is 1.78. The van der Waals surface area contributed by atoms with Crippen LogP contribution in [0.3, 0.4) is 0 Å². The van der Waals surface area contributed by atoms with Gasteiger partial charge in [0.2, 0.25) is 0 Å². The summed E-state index contributed by atoms with van der Waals surface area (Å²) in [6.45, 7) is 4.60. The summed E-state index contributed by atoms with van der Waals surface area (Å²) in [5.74, 6) is -0.119. The molecule has 186 valence electrons. The predicted molar refractivity (Wildman–Crippen MR) is 142 cm³/mol. The van der Waals surface area contributed by atoms with Crippen molar-refractivity contribution in [3.8, 4) is 11.4 Å². The number of aromatic nitrogens is 2. The number of carbonyl (C=O) groups excluding carboxylic acids is 1. The third-order valence-electron chi connectivity index (χ3n) is 5.05. The number of esters is 1. The monoisotopic (exact) mass is 543 g/mol. The van der Waals surface area contributed by atoms with Gasteiger partial charge in [0.05, 0.1) is 10.6 Å². The SMILES string of the molecule is CC(C)(C)OC(=O)CN(c1ccc2cc(-c3ncccn3)ccc2c1)S(=O)(=O)c1cc(Cl)cc(Cl)c1. The molecule has 0 aliphatic heterocycles. The lowest BCUT2D eigenvalue weighted by molar-refractivity contribution is -0.152. The van der Waals surface area contributed by atoms with Gasteiger partial charge in [0, 0.05) is 28.0 Å². The van der Waals surface area contributed by atoms with E-state index in [0.29, 0.717) is 5.82 Å². The first-order valence-electron chi connectivity index (χ1n) is 10.9. The molecule has 0 atom stereocenters. The van der Waals surface area contributed by atoms with Crippen LogP contribution in [0, 0.1) is 0 Å². The van der Waals surface area contributed by atoms with Crippen LogP contribution < -0.4 is 4.31 Å². The molecule has 0 radical (unpaired) electrons. The highest BCUT2D eigenvalue weighted by molar-refractivity contribution is 7.92. The van der Waals surface area contributed by atoms with E-state index in [1.54, 1.807) is 57.4 Å². The second-order valence-corrected chi connectivity index (χ2v) is 11.8. The minimum atomic E-state index is -4.23. The Labute approximate surface area is 219 Å². The van der Waals surface area contributed by atoms with E-state index >= 15 is 0 Å². The van der Waals surface area contributed by atoms with Gasteiger partial charge in [-0.2, -0.15) is 0 Å². The lowest BCUT2D eigenvalue weighted by atomic mass is 10.1. The van der Waals surface area contributed by atoms with Gasteiger partial charge in [-0.3, -0.25) is 9.10 Å². The number of nitrogens with zero attached hydrogens (tertiary/aromatic N) is 3. The van der Waals surface area contributed by atoms with Gasteiger partial charge >= 0.3 is 5.97 Å². The largest absolute Gasteiger partial charge is 0.459 e. The zero-order valence-corrected chi connectivity index (χ0v) is 22.1. The van der Waals surface area contributed by atoms with Crippen molar-refractivity contribution in [3.05, 3.63) is 83.1 Å². The molecule has 4 rings (SSSR count). The number of sulfonamides is 1. The van der Waals surface area contributed by atoms with E-state index in [0.717, 1.165) is 20.6 Å². The number of hydrogen-bond donors (Lipinski definition) is 0. The van der Waals surface area contributed by atoms with Crippen molar-refractivity contribution in [2.24, 2.45) is 0 Å². The number of rotatable bonds is 6. The zero-order valence-electron chi connectivity index (χ0n) is 19.8. The minimum Gasteiger partial charge on any atom is -0.459 e. The summed E-state index contributed by atoms with van der Waals surface area (Å²) in [4.78, 5) is 21.1. The molecule has 0 spiro atoms. The van der Waals surface area contributed by atoms with Gasteiger partial charge in [0.15, 0.2) is 5.82 Å². The topological polar surface area (TPSA) is 89.5 Å². The standard InChI is InChI=1S/C26H23Cl2N3O4S/c1-26(2,3)35-24(32)16-31(36(33,34)23-14-20(27)13-21(28)15-23)22-8-7-17-11-19(6-5-18(17)12-22)25-29-9-4-10-30-25/h4-15H,16H2,1-3H3. The second-order valence-electron chi connectivity index (χ2n) is 9.02. The van der Waals surface area contributed by atoms with Gasteiger partial charge in [0.25, 0.3) is 10.0 Å². The maximum absolute atomic E-state index is 13.7. The molecule has 4 aromatic rings. The molecule has 0 saturated carbocycles. The Morgan fingerprint density at radius 1 is 0.917 bits per heavy atom. The Kier molecular flexibility index (Phi) is 7.22. The van der Waals surface area contributed by atoms with Crippen LogP contribution in [0.2, 0.25) is 10.0 Å². The van der Waals surface area contributed by atoms with E-state index in [1.807, 2.05) is 18.2 Å². The molecule has 7 nitrogen and oxygen atoms in total. The van der Waals surface area contributed by atoms with Crippen molar-refractivity contribution in [2.45, 2.75) is 31.3 Å². The highest BCUT2D eigenvalue weighted by atomic mass is 35.5. The van der Waals surface area contributed by atoms with Crippen LogP contribution in [-0.2, 0) is 19.6 Å². The zero-order chi connectivity index (χ0) is 26.1. The molecule has 0 N–H and O–H groups in total. The Bertz CT molecular complexity index is 1520. The summed E-state index contributed by atoms with van der Waals surface area (Å²) in [6.07, 6.45) is 3.33. The molecule has 1 aromatic heterocycles. The fraction of sp³-hybridized carbons (Fsp3) is 0.192. The molecule has 1 heterocycles. The summed E-state index contributed by atoms with van der Waals surface area (Å²) >= 11 is 12.1. The first-order valence-corrected chi connectivity index (χ1v) is 13.1. The fourth-order valence-corrected chi connectivity index (χ4v) is 5.71. The average molecular weight is 544 g/mol. The van der Waals surface area contributed by atoms with E-state index in [4.69, 9.17) is 27.9 Å². The number of fused-ring (bicyclic) bond motifs is 1. The van der Waals surface area contributed by atoms with Crippen LogP contribution >= 0.6 is 23.2 Å². The molecular weight excluding hydrogens is 521 g/mol. The highest BCUT2D eigenvalue weighted by Gasteiger charge is 2.30. The smallest absolute Gasteiger partial charge is 0.327 e. The van der Waals surface area contributed by atoms with E-state index in [2.05, 4.69) is 9.97 Å². The van der Waals surface area contributed by atoms with Crippen LogP contribution in [0.15, 0.2) is 78.0 Å². The van der Waals surface area contributed by atoms with Gasteiger partial charge in [-0.25, -0.2) is 18.4 Å². The van der Waals surface area contributed by atoms with Crippen molar-refractivity contribution >= 4 is 55.7 Å². The Hall–Kier alpha value is -3.20. The Morgan fingerprint density at radius 3 is 2.17 bits per heavy atom. The molecule has 10 heteroatoms. The van der Waals surface area contributed by atoms with Crippen LogP contribution in [-0.4, -0.2) is 36.5 Å². The van der Waals surface area contributed by atoms with Gasteiger partial charge in [0.1, 0.15) is 12.1 Å². The number of benzene rings is 3. The molecule has 0 saturated heterocycles. The van der Waals surface area contributed by atoms with Crippen molar-refractivity contribution in [1.29, 1.82) is 0 Å². The minimum absolute atomic E-state index is 0.139. The lowest BCUT2D eigenvalue weighted by Crippen LogP contribution is -2.39. The molecule has 0 aliphatic rings. The molecule has 0 unspecified atom stereocenters. The number of anilines is 1. The van der Waals surface area contributed by atoms with E-state index in [-0.39, 0.29) is 20.6 Å². The first-order chi connectivity index (χ1) is 16.9. The summed E-state index contributed by atoms with van der Waals surface area (Å²) < 4.78 is 33.8. The maximum atomic E-state index is 13.7. The van der Waals surface area contributed by atoms with Gasteiger partial charge < -0.3 is 4.74 Å². The van der Waals surface area contributed by atoms with E-state index < -0.39 is 28.1 Å². The third-order valence-corrected chi connectivity index (χ3v) is 7.24. The van der Waals surface area contributed by atoms with Crippen molar-refractivity contribution in [2.75, 3.05) is 10.8 Å². The summed E-state index contributed by atoms with van der Waals surface area (Å²) in [5.41, 5.74) is 0.321. The molecular formula is C26H23Cl2N3O4S. The highest BCUT2D eigenvalue weighted by Crippen LogP contribution is 2.31. The number of ether oxygens (including phenoxy) is 1. The molecule has 0 bridgehead atoms. The fourth-order valence-electron chi connectivity index (χ4n) is 3.59. The summed E-state index contributed by atoms with van der Waals surface area (Å²) in [6, 6.07) is 16.5. The quantitative estimate of drug-likeness (QED) is 0.271. The van der Waals surface area contributed by atoms with Crippen molar-refractivity contribution in [3.63, 3.8) is 0 Å². The van der Waals surface area contributed by atoms with Gasteiger partial charge in [-0.15, -0.1) is 0 Å². The van der Waals surface area contributed by atoms with Gasteiger partial charge in [-0.1, -0.05) is 41.4 Å². The van der Waals surface area contributed by atoms with Crippen LogP contribution in [0.4, 0.5) is 5.69 Å². The third kappa shape index (κ3) is 5.95. The molecule has 0 fully saturated rings. The number of halogens is 2. The lowest BCUT2D eigenvalue weighted by Gasteiger charge is -2.26. The van der Waals surface area contributed by atoms with E-state index in [1.165, 1.54) is 18.2 Å². The van der Waals surface area contributed by atoms with Crippen LogP contribution in [0.5, 0.6) is 0 Å². The van der Waals surface area contributed by atoms with Crippen molar-refractivity contribution < 1.29 is 17.9 Å². The molecule has 3 aromatic carbocycles. The molecule has 36 heavy (non-hydrogen) atoms. The summed E-state index contributed by atoms with van der Waals surface area (Å²) in [7, 11) is -4.23. The maximum Gasteiger partial charge on any atom is 0.327 e. The van der Waals surface area contributed by atoms with Crippen LogP contribution in [0.1, 0.15) is 20.8 Å². The van der Waals surface area contributed by atoms with Gasteiger partial charge in [-0.05, 0) is 74.0 Å². The first kappa shape index (κ1) is 25.9.